The Bertz CT molecular complexity index is 490. The lowest BCUT2D eigenvalue weighted by atomic mass is 9.97. The van der Waals surface area contributed by atoms with E-state index in [4.69, 9.17) is 0 Å². The molecule has 1 atom stereocenters. The van der Waals surface area contributed by atoms with Gasteiger partial charge in [-0.05, 0) is 48.1 Å². The molecule has 0 unspecified atom stereocenters. The second kappa shape index (κ2) is 5.64. The number of hydrogen-bond acceptors (Lipinski definition) is 3. The highest BCUT2D eigenvalue weighted by Gasteiger charge is 2.25. The Balaban J connectivity index is 2.02. The van der Waals surface area contributed by atoms with Crippen molar-refractivity contribution in [1.29, 1.82) is 0 Å². The lowest BCUT2D eigenvalue weighted by Crippen LogP contribution is -2.38. The third-order valence-corrected chi connectivity index (χ3v) is 4.03. The maximum absolute atomic E-state index is 12.0. The summed E-state index contributed by atoms with van der Waals surface area (Å²) >= 11 is 2.19. The number of anilines is 1. The topological polar surface area (TPSA) is 71.1 Å². The van der Waals surface area contributed by atoms with Gasteiger partial charge in [0.1, 0.15) is 5.82 Å². The molecule has 2 rings (SSSR count). The van der Waals surface area contributed by atoms with Gasteiger partial charge in [-0.25, -0.2) is 4.98 Å². The molecular weight excluding hydrogens is 345 g/mol. The molecule has 18 heavy (non-hydrogen) atoms. The maximum Gasteiger partial charge on any atom is 0.229 e. The minimum atomic E-state index is -0.250. The Kier molecular flexibility index (Phi) is 4.15. The summed E-state index contributed by atoms with van der Waals surface area (Å²) in [6, 6.07) is 3.68. The lowest BCUT2D eigenvalue weighted by molar-refractivity contribution is -0.129. The highest BCUT2D eigenvalue weighted by Crippen LogP contribution is 2.17. The first-order chi connectivity index (χ1) is 8.56. The molecule has 96 valence electrons. The highest BCUT2D eigenvalue weighted by molar-refractivity contribution is 14.1. The lowest BCUT2D eigenvalue weighted by Gasteiger charge is -2.21. The van der Waals surface area contributed by atoms with Crippen molar-refractivity contribution in [2.24, 2.45) is 5.92 Å². The fraction of sp³-hybridized carbons (Fsp3) is 0.417. The van der Waals surface area contributed by atoms with Crippen molar-refractivity contribution >= 4 is 40.2 Å². The van der Waals surface area contributed by atoms with Crippen molar-refractivity contribution in [1.82, 2.24) is 10.3 Å². The van der Waals surface area contributed by atoms with Crippen molar-refractivity contribution in [2.75, 3.05) is 11.9 Å². The van der Waals surface area contributed by atoms with Crippen molar-refractivity contribution in [3.63, 3.8) is 0 Å². The highest BCUT2D eigenvalue weighted by atomic mass is 127. The van der Waals surface area contributed by atoms with Crippen LogP contribution in [-0.4, -0.2) is 23.3 Å². The van der Waals surface area contributed by atoms with Crippen LogP contribution in [0.25, 0.3) is 0 Å². The molecule has 0 saturated carbocycles. The van der Waals surface area contributed by atoms with Crippen molar-refractivity contribution in [3.8, 4) is 0 Å². The largest absolute Gasteiger partial charge is 0.356 e. The molecule has 1 aromatic heterocycles. The van der Waals surface area contributed by atoms with E-state index in [0.717, 1.165) is 9.26 Å². The van der Waals surface area contributed by atoms with Crippen LogP contribution in [0.2, 0.25) is 0 Å². The summed E-state index contributed by atoms with van der Waals surface area (Å²) in [5, 5.41) is 5.48. The van der Waals surface area contributed by atoms with Crippen molar-refractivity contribution in [3.05, 3.63) is 21.4 Å². The second-order valence-corrected chi connectivity index (χ2v) is 5.45. The minimum Gasteiger partial charge on any atom is -0.356 e. The molecule has 5 nitrogen and oxygen atoms in total. The number of nitrogens with zero attached hydrogens (tertiary/aromatic N) is 1. The van der Waals surface area contributed by atoms with Crippen LogP contribution < -0.4 is 10.6 Å². The summed E-state index contributed by atoms with van der Waals surface area (Å²) < 4.78 is 1.06. The third kappa shape index (κ3) is 3.18. The smallest absolute Gasteiger partial charge is 0.229 e. The monoisotopic (exact) mass is 359 g/mol. The molecule has 0 aliphatic carbocycles. The zero-order valence-electron chi connectivity index (χ0n) is 10.00. The van der Waals surface area contributed by atoms with Gasteiger partial charge < -0.3 is 10.6 Å². The van der Waals surface area contributed by atoms with E-state index in [1.165, 1.54) is 0 Å². The predicted molar refractivity (Wildman–Crippen MR) is 76.1 cm³/mol. The molecule has 6 heteroatoms. The van der Waals surface area contributed by atoms with Crippen LogP contribution in [0.4, 0.5) is 5.82 Å². The first-order valence-electron chi connectivity index (χ1n) is 5.77. The zero-order valence-corrected chi connectivity index (χ0v) is 12.2. The summed E-state index contributed by atoms with van der Waals surface area (Å²) in [5.41, 5.74) is 0.884. The fourth-order valence-corrected chi connectivity index (χ4v) is 2.15. The standard InChI is InChI=1S/C12H14IN3O2/c1-7-9(13)2-3-10(15-7)16-12(18)8-4-5-14-11(17)6-8/h2-3,8H,4-6H2,1H3,(H,14,17)(H,15,16,18)/t8-/m1/s1. The maximum atomic E-state index is 12.0. The van der Waals surface area contributed by atoms with Gasteiger partial charge in [0, 0.05) is 22.5 Å². The molecule has 1 aromatic rings. The molecule has 0 radical (unpaired) electrons. The quantitative estimate of drug-likeness (QED) is 0.786. The van der Waals surface area contributed by atoms with Crippen molar-refractivity contribution in [2.45, 2.75) is 19.8 Å². The average Bonchev–Trinajstić information content (AvgIpc) is 2.34. The Morgan fingerprint density at radius 3 is 3.00 bits per heavy atom. The van der Waals surface area contributed by atoms with Crippen LogP contribution in [0, 0.1) is 16.4 Å². The minimum absolute atomic E-state index is 0.0619. The van der Waals surface area contributed by atoms with Gasteiger partial charge in [0.2, 0.25) is 11.8 Å². The fourth-order valence-electron chi connectivity index (χ4n) is 1.85. The third-order valence-electron chi connectivity index (χ3n) is 2.89. The van der Waals surface area contributed by atoms with Gasteiger partial charge in [0.05, 0.1) is 5.69 Å². The summed E-state index contributed by atoms with van der Waals surface area (Å²) in [6.45, 7) is 2.46. The number of carbonyl (C=O) groups is 2. The molecule has 1 aliphatic rings. The molecular formula is C12H14IN3O2. The van der Waals surface area contributed by atoms with E-state index >= 15 is 0 Å². The number of amides is 2. The van der Waals surface area contributed by atoms with E-state index in [1.54, 1.807) is 6.07 Å². The van der Waals surface area contributed by atoms with Gasteiger partial charge >= 0.3 is 0 Å². The Hall–Kier alpha value is -1.18. The molecule has 0 spiro atoms. The summed E-state index contributed by atoms with van der Waals surface area (Å²) in [4.78, 5) is 27.5. The number of carbonyl (C=O) groups excluding carboxylic acids is 2. The molecule has 1 aliphatic heterocycles. The number of rotatable bonds is 2. The molecule has 2 amide bonds. The zero-order chi connectivity index (χ0) is 13.1. The van der Waals surface area contributed by atoms with Gasteiger partial charge in [0.25, 0.3) is 0 Å². The number of aromatic nitrogens is 1. The average molecular weight is 359 g/mol. The molecule has 0 bridgehead atoms. The molecule has 2 N–H and O–H groups in total. The van der Waals surface area contributed by atoms with Crippen molar-refractivity contribution < 1.29 is 9.59 Å². The Morgan fingerprint density at radius 1 is 1.56 bits per heavy atom. The number of nitrogens with one attached hydrogen (secondary N) is 2. The van der Waals surface area contributed by atoms with Crippen LogP contribution in [0.5, 0.6) is 0 Å². The normalized spacial score (nSPS) is 19.2. The van der Waals surface area contributed by atoms with E-state index in [-0.39, 0.29) is 24.2 Å². The van der Waals surface area contributed by atoms with Gasteiger partial charge in [0.15, 0.2) is 0 Å². The van der Waals surface area contributed by atoms with E-state index < -0.39 is 0 Å². The summed E-state index contributed by atoms with van der Waals surface area (Å²) in [7, 11) is 0. The number of pyridine rings is 1. The SMILES string of the molecule is Cc1nc(NC(=O)[C@@H]2CCNC(=O)C2)ccc1I. The van der Waals surface area contributed by atoms with Crippen LogP contribution >= 0.6 is 22.6 Å². The van der Waals surface area contributed by atoms with E-state index in [0.29, 0.717) is 18.8 Å². The number of halogens is 1. The number of piperidine rings is 1. The van der Waals surface area contributed by atoms with Gasteiger partial charge in [-0.3, -0.25) is 9.59 Å². The predicted octanol–water partition coefficient (Wildman–Crippen LogP) is 1.46. The number of hydrogen-bond donors (Lipinski definition) is 2. The van der Waals surface area contributed by atoms with Crippen LogP contribution in [-0.2, 0) is 9.59 Å². The Morgan fingerprint density at radius 2 is 2.33 bits per heavy atom. The first kappa shape index (κ1) is 13.3. The first-order valence-corrected chi connectivity index (χ1v) is 6.85. The van der Waals surface area contributed by atoms with E-state index in [1.807, 2.05) is 13.0 Å². The van der Waals surface area contributed by atoms with Crippen LogP contribution in [0.15, 0.2) is 12.1 Å². The molecule has 1 fully saturated rings. The van der Waals surface area contributed by atoms with E-state index in [2.05, 4.69) is 38.2 Å². The van der Waals surface area contributed by atoms with Crippen LogP contribution in [0.1, 0.15) is 18.5 Å². The van der Waals surface area contributed by atoms with Gasteiger partial charge in [-0.2, -0.15) is 0 Å². The molecule has 2 heterocycles. The van der Waals surface area contributed by atoms with E-state index in [9.17, 15) is 9.59 Å². The number of aryl methyl sites for hydroxylation is 1. The molecule has 1 saturated heterocycles. The summed E-state index contributed by atoms with van der Waals surface area (Å²) in [6.07, 6.45) is 0.941. The second-order valence-electron chi connectivity index (χ2n) is 4.29. The van der Waals surface area contributed by atoms with Crippen LogP contribution in [0.3, 0.4) is 0 Å². The summed E-state index contributed by atoms with van der Waals surface area (Å²) in [5.74, 6) is 0.107. The Labute approximate surface area is 119 Å². The molecule has 0 aromatic carbocycles. The van der Waals surface area contributed by atoms with Gasteiger partial charge in [-0.15, -0.1) is 0 Å². The van der Waals surface area contributed by atoms with Gasteiger partial charge in [-0.1, -0.05) is 0 Å².